The zero-order valence-corrected chi connectivity index (χ0v) is 19.8. The maximum absolute atomic E-state index is 13.7. The van der Waals surface area contributed by atoms with Gasteiger partial charge >= 0.3 is 6.03 Å². The zero-order chi connectivity index (χ0) is 23.1. The standard InChI is InChI=1S/C25H37N3O4/c1-19(2)7-6-12-27-13-10-21(11-14-27)25(18-20-8-5-9-22(17-20)32-4)23(29)28(15-16-31-3)24(30)26-25/h5-9,17,19,21H,10-16,18H2,1-4H3,(H,26,30). The molecular weight excluding hydrogens is 406 g/mol. The van der Waals surface area contributed by atoms with Crippen LogP contribution in [0.3, 0.4) is 0 Å². The predicted molar refractivity (Wildman–Crippen MR) is 125 cm³/mol. The number of benzene rings is 1. The summed E-state index contributed by atoms with van der Waals surface area (Å²) >= 11 is 0. The Balaban J connectivity index is 1.80. The van der Waals surface area contributed by atoms with Crippen molar-refractivity contribution in [2.45, 2.75) is 38.6 Å². The second kappa shape index (κ2) is 11.0. The second-order valence-electron chi connectivity index (χ2n) is 9.13. The molecule has 176 valence electrons. The number of piperidine rings is 1. The van der Waals surface area contributed by atoms with Gasteiger partial charge in [0.05, 0.1) is 20.3 Å². The number of carbonyl (C=O) groups excluding carboxylic acids is 2. The van der Waals surface area contributed by atoms with E-state index in [-0.39, 0.29) is 24.4 Å². The van der Waals surface area contributed by atoms with Gasteiger partial charge in [0.15, 0.2) is 0 Å². The average molecular weight is 444 g/mol. The van der Waals surface area contributed by atoms with Crippen molar-refractivity contribution in [1.29, 1.82) is 0 Å². The molecule has 7 heteroatoms. The van der Waals surface area contributed by atoms with Crippen LogP contribution in [-0.2, 0) is 16.0 Å². The van der Waals surface area contributed by atoms with Gasteiger partial charge in [0.2, 0.25) is 0 Å². The fraction of sp³-hybridized carbons (Fsp3) is 0.600. The molecule has 1 aromatic rings. The second-order valence-corrected chi connectivity index (χ2v) is 9.13. The van der Waals surface area contributed by atoms with Crippen LogP contribution >= 0.6 is 0 Å². The van der Waals surface area contributed by atoms with Crippen molar-refractivity contribution in [1.82, 2.24) is 15.1 Å². The third-order valence-corrected chi connectivity index (χ3v) is 6.51. The molecule has 1 atom stereocenters. The summed E-state index contributed by atoms with van der Waals surface area (Å²) in [5.41, 5.74) is 0.0470. The third kappa shape index (κ3) is 5.51. The average Bonchev–Trinajstić information content (AvgIpc) is 3.02. The van der Waals surface area contributed by atoms with Crippen molar-refractivity contribution in [2.24, 2.45) is 11.8 Å². The number of rotatable bonds is 10. The van der Waals surface area contributed by atoms with Crippen molar-refractivity contribution in [2.75, 3.05) is 47.0 Å². The number of amides is 3. The predicted octanol–water partition coefficient (Wildman–Crippen LogP) is 3.10. The van der Waals surface area contributed by atoms with Gasteiger partial charge in [-0.25, -0.2) is 4.79 Å². The van der Waals surface area contributed by atoms with Gasteiger partial charge in [-0.05, 0) is 55.5 Å². The molecule has 3 amide bonds. The van der Waals surface area contributed by atoms with Crippen molar-refractivity contribution in [3.8, 4) is 5.75 Å². The number of urea groups is 1. The Morgan fingerprint density at radius 1 is 1.22 bits per heavy atom. The smallest absolute Gasteiger partial charge is 0.325 e. The van der Waals surface area contributed by atoms with Crippen LogP contribution in [0, 0.1) is 11.8 Å². The summed E-state index contributed by atoms with van der Waals surface area (Å²) in [5.74, 6) is 1.23. The minimum atomic E-state index is -0.933. The van der Waals surface area contributed by atoms with E-state index < -0.39 is 5.54 Å². The number of imide groups is 1. The molecule has 0 spiro atoms. The Labute approximate surface area is 191 Å². The van der Waals surface area contributed by atoms with Gasteiger partial charge in [-0.3, -0.25) is 14.6 Å². The van der Waals surface area contributed by atoms with E-state index in [0.29, 0.717) is 18.9 Å². The highest BCUT2D eigenvalue weighted by atomic mass is 16.5. The minimum absolute atomic E-state index is 0.0722. The number of ether oxygens (including phenoxy) is 2. The first-order chi connectivity index (χ1) is 15.4. The van der Waals surface area contributed by atoms with E-state index in [1.807, 2.05) is 24.3 Å². The highest BCUT2D eigenvalue weighted by Crippen LogP contribution is 2.37. The molecule has 2 fully saturated rings. The number of hydrogen-bond donors (Lipinski definition) is 1. The lowest BCUT2D eigenvalue weighted by Gasteiger charge is -2.41. The van der Waals surface area contributed by atoms with Crippen molar-refractivity contribution in [3.05, 3.63) is 42.0 Å². The maximum Gasteiger partial charge on any atom is 0.325 e. The SMILES string of the molecule is COCCN1C(=O)NC(Cc2cccc(OC)c2)(C2CCN(CC=CC(C)C)CC2)C1=O. The van der Waals surface area contributed by atoms with Gasteiger partial charge < -0.3 is 14.8 Å². The molecule has 2 saturated heterocycles. The lowest BCUT2D eigenvalue weighted by Crippen LogP contribution is -2.57. The van der Waals surface area contributed by atoms with Crippen molar-refractivity contribution in [3.63, 3.8) is 0 Å². The topological polar surface area (TPSA) is 71.1 Å². The third-order valence-electron chi connectivity index (χ3n) is 6.51. The highest BCUT2D eigenvalue weighted by molar-refractivity contribution is 6.07. The first-order valence-electron chi connectivity index (χ1n) is 11.5. The van der Waals surface area contributed by atoms with Gasteiger partial charge in [-0.2, -0.15) is 0 Å². The summed E-state index contributed by atoms with van der Waals surface area (Å²) in [6.45, 7) is 7.69. The highest BCUT2D eigenvalue weighted by Gasteiger charge is 2.55. The summed E-state index contributed by atoms with van der Waals surface area (Å²) in [6.07, 6.45) is 6.64. The van der Waals surface area contributed by atoms with Crippen molar-refractivity contribution < 1.29 is 19.1 Å². The van der Waals surface area contributed by atoms with Gasteiger partial charge in [0.1, 0.15) is 11.3 Å². The molecule has 0 saturated carbocycles. The lowest BCUT2D eigenvalue weighted by atomic mass is 9.74. The Hall–Kier alpha value is -2.38. The van der Waals surface area contributed by atoms with Crippen LogP contribution in [0.2, 0.25) is 0 Å². The van der Waals surface area contributed by atoms with E-state index in [9.17, 15) is 9.59 Å². The zero-order valence-electron chi connectivity index (χ0n) is 19.8. The number of hydrogen-bond acceptors (Lipinski definition) is 5. The first kappa shape index (κ1) is 24.3. The van der Waals surface area contributed by atoms with Crippen LogP contribution in [0.1, 0.15) is 32.3 Å². The van der Waals surface area contributed by atoms with Crippen LogP contribution in [0.15, 0.2) is 36.4 Å². The maximum atomic E-state index is 13.7. The molecule has 0 bridgehead atoms. The minimum Gasteiger partial charge on any atom is -0.497 e. The Kier molecular flexibility index (Phi) is 8.32. The van der Waals surface area contributed by atoms with Gasteiger partial charge in [-0.1, -0.05) is 38.1 Å². The van der Waals surface area contributed by atoms with Crippen LogP contribution in [0.4, 0.5) is 4.79 Å². The molecule has 2 aliphatic heterocycles. The fourth-order valence-corrected chi connectivity index (χ4v) is 4.77. The summed E-state index contributed by atoms with van der Waals surface area (Å²) in [5, 5.41) is 3.11. The molecule has 0 aromatic heterocycles. The van der Waals surface area contributed by atoms with Gasteiger partial charge in [0, 0.05) is 20.1 Å². The van der Waals surface area contributed by atoms with E-state index in [2.05, 4.69) is 36.2 Å². The van der Waals surface area contributed by atoms with Crippen LogP contribution < -0.4 is 10.1 Å². The molecular formula is C25H37N3O4. The van der Waals surface area contributed by atoms with Crippen LogP contribution in [0.5, 0.6) is 5.75 Å². The van der Waals surface area contributed by atoms with Gasteiger partial charge in [-0.15, -0.1) is 0 Å². The van der Waals surface area contributed by atoms with E-state index in [1.165, 1.54) is 4.90 Å². The summed E-state index contributed by atoms with van der Waals surface area (Å²) in [4.78, 5) is 30.2. The number of nitrogens with one attached hydrogen (secondary N) is 1. The molecule has 0 aliphatic carbocycles. The number of allylic oxidation sites excluding steroid dienone is 1. The number of likely N-dealkylation sites (tertiary alicyclic amines) is 1. The quantitative estimate of drug-likeness (QED) is 0.444. The molecule has 2 aliphatic rings. The molecule has 3 rings (SSSR count). The monoisotopic (exact) mass is 443 g/mol. The Morgan fingerprint density at radius 2 is 1.97 bits per heavy atom. The largest absolute Gasteiger partial charge is 0.497 e. The van der Waals surface area contributed by atoms with Crippen LogP contribution in [-0.4, -0.2) is 74.3 Å². The van der Waals surface area contributed by atoms with Gasteiger partial charge in [0.25, 0.3) is 5.91 Å². The van der Waals surface area contributed by atoms with Crippen molar-refractivity contribution >= 4 is 11.9 Å². The summed E-state index contributed by atoms with van der Waals surface area (Å²) in [6, 6.07) is 7.43. The molecule has 32 heavy (non-hydrogen) atoms. The molecule has 1 N–H and O–H groups in total. The normalized spacial score (nSPS) is 22.8. The lowest BCUT2D eigenvalue weighted by molar-refractivity contribution is -0.134. The van der Waals surface area contributed by atoms with E-state index >= 15 is 0 Å². The number of nitrogens with zero attached hydrogens (tertiary/aromatic N) is 2. The Bertz CT molecular complexity index is 817. The van der Waals surface area contributed by atoms with E-state index in [1.54, 1.807) is 14.2 Å². The Morgan fingerprint density at radius 3 is 2.62 bits per heavy atom. The molecule has 2 heterocycles. The fourth-order valence-electron chi connectivity index (χ4n) is 4.77. The molecule has 1 aromatic carbocycles. The van der Waals surface area contributed by atoms with E-state index in [4.69, 9.17) is 9.47 Å². The molecule has 7 nitrogen and oxygen atoms in total. The van der Waals surface area contributed by atoms with E-state index in [0.717, 1.165) is 43.8 Å². The summed E-state index contributed by atoms with van der Waals surface area (Å²) in [7, 11) is 3.21. The summed E-state index contributed by atoms with van der Waals surface area (Å²) < 4.78 is 10.5. The number of methoxy groups -OCH3 is 2. The van der Waals surface area contributed by atoms with Crippen LogP contribution in [0.25, 0.3) is 0 Å². The number of carbonyl (C=O) groups is 2. The molecule has 0 radical (unpaired) electrons. The molecule has 1 unspecified atom stereocenters. The first-order valence-corrected chi connectivity index (χ1v) is 11.5.